The van der Waals surface area contributed by atoms with Crippen LogP contribution >= 0.6 is 15.9 Å². The highest BCUT2D eigenvalue weighted by Crippen LogP contribution is 2.31. The molecule has 1 amide bonds. The van der Waals surface area contributed by atoms with E-state index in [-0.39, 0.29) is 24.0 Å². The molecule has 104 valence electrons. The van der Waals surface area contributed by atoms with E-state index < -0.39 is 0 Å². The second-order valence-corrected chi connectivity index (χ2v) is 4.98. The molecule has 0 saturated heterocycles. The van der Waals surface area contributed by atoms with Gasteiger partial charge in [0, 0.05) is 11.0 Å². The van der Waals surface area contributed by atoms with Crippen molar-refractivity contribution in [3.63, 3.8) is 0 Å². The van der Waals surface area contributed by atoms with Crippen molar-refractivity contribution in [3.05, 3.63) is 22.2 Å². The zero-order valence-electron chi connectivity index (χ0n) is 11.0. The monoisotopic (exact) mass is 328 g/mol. The van der Waals surface area contributed by atoms with Crippen molar-refractivity contribution in [2.75, 3.05) is 18.9 Å². The molecule has 0 saturated carbocycles. The molecule has 0 heterocycles. The number of amides is 1. The average molecular weight is 329 g/mol. The smallest absolute Gasteiger partial charge is 0.257 e. The number of benzene rings is 1. The molecule has 5 nitrogen and oxygen atoms in total. The van der Waals surface area contributed by atoms with E-state index in [1.807, 2.05) is 6.92 Å². The molecule has 0 unspecified atom stereocenters. The normalized spacial score (nSPS) is 10.1. The lowest BCUT2D eigenvalue weighted by molar-refractivity contribution is -0.123. The first-order valence-corrected chi connectivity index (χ1v) is 6.74. The number of hydrogen-bond acceptors (Lipinski definition) is 4. The number of nitrogen functional groups attached to an aromatic ring is 1. The minimum Gasteiger partial charge on any atom is -0.481 e. The summed E-state index contributed by atoms with van der Waals surface area (Å²) in [5, 5.41) is 2.68. The fourth-order valence-corrected chi connectivity index (χ4v) is 1.97. The SMILES string of the molecule is CCCNC(=O)COc1c(N)cc(Br)cc1C(C)=O. The highest BCUT2D eigenvalue weighted by Gasteiger charge is 2.14. The Hall–Kier alpha value is -1.56. The molecule has 0 aliphatic rings. The van der Waals surface area contributed by atoms with Crippen molar-refractivity contribution < 1.29 is 14.3 Å². The number of anilines is 1. The van der Waals surface area contributed by atoms with E-state index in [0.717, 1.165) is 6.42 Å². The molecule has 0 aromatic heterocycles. The largest absolute Gasteiger partial charge is 0.481 e. The Kier molecular flexibility index (Phi) is 5.82. The van der Waals surface area contributed by atoms with Crippen molar-refractivity contribution >= 4 is 33.3 Å². The molecule has 0 aliphatic heterocycles. The Labute approximate surface area is 120 Å². The van der Waals surface area contributed by atoms with Crippen molar-refractivity contribution in [1.29, 1.82) is 0 Å². The Morgan fingerprint density at radius 2 is 2.11 bits per heavy atom. The fraction of sp³-hybridized carbons (Fsp3) is 0.385. The number of carbonyl (C=O) groups excluding carboxylic acids is 2. The number of ketones is 1. The third-order valence-electron chi connectivity index (χ3n) is 2.38. The molecule has 1 aromatic carbocycles. The molecule has 0 atom stereocenters. The van der Waals surface area contributed by atoms with Crippen molar-refractivity contribution in [2.24, 2.45) is 0 Å². The van der Waals surface area contributed by atoms with Gasteiger partial charge in [-0.25, -0.2) is 0 Å². The molecule has 0 radical (unpaired) electrons. The third-order valence-corrected chi connectivity index (χ3v) is 2.84. The second-order valence-electron chi connectivity index (χ2n) is 4.07. The Morgan fingerprint density at radius 1 is 1.42 bits per heavy atom. The molecule has 0 bridgehead atoms. The predicted octanol–water partition coefficient (Wildman–Crippen LogP) is 2.14. The van der Waals surface area contributed by atoms with Crippen molar-refractivity contribution in [3.8, 4) is 5.75 Å². The van der Waals surface area contributed by atoms with E-state index in [2.05, 4.69) is 21.2 Å². The highest BCUT2D eigenvalue weighted by atomic mass is 79.9. The summed E-state index contributed by atoms with van der Waals surface area (Å²) >= 11 is 3.26. The molecule has 1 aromatic rings. The van der Waals surface area contributed by atoms with Crippen molar-refractivity contribution in [1.82, 2.24) is 5.32 Å². The maximum absolute atomic E-state index is 11.5. The summed E-state index contributed by atoms with van der Waals surface area (Å²) in [6, 6.07) is 3.25. The minimum atomic E-state index is -0.237. The van der Waals surface area contributed by atoms with E-state index in [4.69, 9.17) is 10.5 Å². The summed E-state index contributed by atoms with van der Waals surface area (Å²) < 4.78 is 6.06. The standard InChI is InChI=1S/C13H17BrN2O3/c1-3-4-16-12(18)7-19-13-10(8(2)17)5-9(14)6-11(13)15/h5-6H,3-4,7,15H2,1-2H3,(H,16,18). The highest BCUT2D eigenvalue weighted by molar-refractivity contribution is 9.10. The molecule has 1 rings (SSSR count). The average Bonchev–Trinajstić information content (AvgIpc) is 2.34. The number of Topliss-reactive ketones (excluding diaryl/α,β-unsaturated/α-hetero) is 1. The lowest BCUT2D eigenvalue weighted by Crippen LogP contribution is -2.29. The van der Waals surface area contributed by atoms with Gasteiger partial charge in [0.05, 0.1) is 11.3 Å². The van der Waals surface area contributed by atoms with E-state index in [0.29, 0.717) is 22.3 Å². The first-order valence-electron chi connectivity index (χ1n) is 5.95. The van der Waals surface area contributed by atoms with Gasteiger partial charge in [-0.1, -0.05) is 22.9 Å². The summed E-state index contributed by atoms with van der Waals surface area (Å²) in [5.41, 5.74) is 6.49. The van der Waals surface area contributed by atoms with Gasteiger partial charge in [-0.15, -0.1) is 0 Å². The van der Waals surface area contributed by atoms with Crippen LogP contribution in [0.4, 0.5) is 5.69 Å². The van der Waals surface area contributed by atoms with Gasteiger partial charge in [-0.05, 0) is 25.5 Å². The quantitative estimate of drug-likeness (QED) is 0.619. The number of nitrogens with two attached hydrogens (primary N) is 1. The van der Waals surface area contributed by atoms with Crippen LogP contribution in [-0.2, 0) is 4.79 Å². The molecule has 0 aliphatic carbocycles. The second kappa shape index (κ2) is 7.13. The van der Waals surface area contributed by atoms with Crippen LogP contribution in [0, 0.1) is 0 Å². The fourth-order valence-electron chi connectivity index (χ4n) is 1.49. The number of halogens is 1. The van der Waals surface area contributed by atoms with E-state index >= 15 is 0 Å². The third kappa shape index (κ3) is 4.55. The summed E-state index contributed by atoms with van der Waals surface area (Å²) in [5.74, 6) is -0.155. The van der Waals surface area contributed by atoms with E-state index in [9.17, 15) is 9.59 Å². The number of ether oxygens (including phenoxy) is 1. The number of rotatable bonds is 6. The molecular weight excluding hydrogens is 312 g/mol. The van der Waals surface area contributed by atoms with E-state index in [1.54, 1.807) is 12.1 Å². The lowest BCUT2D eigenvalue weighted by atomic mass is 10.1. The van der Waals surface area contributed by atoms with Gasteiger partial charge in [0.15, 0.2) is 18.1 Å². The molecule has 3 N–H and O–H groups in total. The summed E-state index contributed by atoms with van der Waals surface area (Å²) in [6.07, 6.45) is 0.852. The first-order chi connectivity index (χ1) is 8.95. The van der Waals surface area contributed by atoms with Crippen LogP contribution in [-0.4, -0.2) is 24.8 Å². The summed E-state index contributed by atoms with van der Waals surface area (Å²) in [4.78, 5) is 23.0. The predicted molar refractivity (Wildman–Crippen MR) is 77.4 cm³/mol. The van der Waals surface area contributed by atoms with Crippen LogP contribution in [0.5, 0.6) is 5.75 Å². The van der Waals surface area contributed by atoms with Crippen LogP contribution in [0.15, 0.2) is 16.6 Å². The lowest BCUT2D eigenvalue weighted by Gasteiger charge is -2.13. The Bertz CT molecular complexity index is 489. The van der Waals surface area contributed by atoms with Crippen LogP contribution < -0.4 is 15.8 Å². The summed E-state index contributed by atoms with van der Waals surface area (Å²) in [7, 11) is 0. The van der Waals surface area contributed by atoms with Crippen LogP contribution in [0.3, 0.4) is 0 Å². The van der Waals surface area contributed by atoms with Gasteiger partial charge < -0.3 is 15.8 Å². The van der Waals surface area contributed by atoms with Crippen LogP contribution in [0.25, 0.3) is 0 Å². The maximum Gasteiger partial charge on any atom is 0.257 e. The van der Waals surface area contributed by atoms with Gasteiger partial charge >= 0.3 is 0 Å². The minimum absolute atomic E-state index is 0.161. The van der Waals surface area contributed by atoms with Gasteiger partial charge in [-0.2, -0.15) is 0 Å². The molecule has 19 heavy (non-hydrogen) atoms. The summed E-state index contributed by atoms with van der Waals surface area (Å²) in [6.45, 7) is 3.82. The molecular formula is C13H17BrN2O3. The van der Waals surface area contributed by atoms with Crippen LogP contribution in [0.1, 0.15) is 30.6 Å². The van der Waals surface area contributed by atoms with Crippen molar-refractivity contribution in [2.45, 2.75) is 20.3 Å². The topological polar surface area (TPSA) is 81.4 Å². The molecule has 6 heteroatoms. The molecule has 0 spiro atoms. The first kappa shape index (κ1) is 15.5. The zero-order chi connectivity index (χ0) is 14.4. The number of carbonyl (C=O) groups is 2. The molecule has 0 fully saturated rings. The van der Waals surface area contributed by atoms with Gasteiger partial charge in [0.2, 0.25) is 0 Å². The number of nitrogens with one attached hydrogen (secondary N) is 1. The maximum atomic E-state index is 11.5. The number of hydrogen-bond donors (Lipinski definition) is 2. The Morgan fingerprint density at radius 3 is 2.68 bits per heavy atom. The van der Waals surface area contributed by atoms with Gasteiger partial charge in [0.25, 0.3) is 5.91 Å². The van der Waals surface area contributed by atoms with Gasteiger partial charge in [-0.3, -0.25) is 9.59 Å². The van der Waals surface area contributed by atoms with E-state index in [1.165, 1.54) is 6.92 Å². The Balaban J connectivity index is 2.83. The van der Waals surface area contributed by atoms with Crippen LogP contribution in [0.2, 0.25) is 0 Å². The van der Waals surface area contributed by atoms with Gasteiger partial charge in [0.1, 0.15) is 0 Å². The zero-order valence-corrected chi connectivity index (χ0v) is 12.5.